The number of ether oxygens (including phenoxy) is 1. The van der Waals surface area contributed by atoms with Gasteiger partial charge in [0.2, 0.25) is 0 Å². The molecule has 0 bridgehead atoms. The Morgan fingerprint density at radius 1 is 1.42 bits per heavy atom. The highest BCUT2D eigenvalue weighted by atomic mass is 16.5. The van der Waals surface area contributed by atoms with Crippen molar-refractivity contribution in [3.63, 3.8) is 0 Å². The van der Waals surface area contributed by atoms with Crippen molar-refractivity contribution < 1.29 is 9.53 Å². The molecule has 0 atom stereocenters. The predicted octanol–water partition coefficient (Wildman–Crippen LogP) is 1.57. The molecular formula is C13H16N4O2. The van der Waals surface area contributed by atoms with Crippen LogP contribution in [0.1, 0.15) is 16.2 Å². The summed E-state index contributed by atoms with van der Waals surface area (Å²) >= 11 is 0. The van der Waals surface area contributed by atoms with E-state index in [4.69, 9.17) is 10.5 Å². The Hall–Kier alpha value is -2.50. The van der Waals surface area contributed by atoms with Gasteiger partial charge in [-0.25, -0.2) is 0 Å². The van der Waals surface area contributed by atoms with Crippen LogP contribution in [0, 0.1) is 6.92 Å². The van der Waals surface area contributed by atoms with Crippen LogP contribution in [0.4, 0.5) is 11.4 Å². The van der Waals surface area contributed by atoms with E-state index in [1.165, 1.54) is 11.8 Å². The summed E-state index contributed by atoms with van der Waals surface area (Å²) in [6, 6.07) is 6.79. The third-order valence-electron chi connectivity index (χ3n) is 2.71. The lowest BCUT2D eigenvalue weighted by atomic mass is 10.2. The summed E-state index contributed by atoms with van der Waals surface area (Å²) in [5.41, 5.74) is 8.05. The Balaban J connectivity index is 2.28. The Morgan fingerprint density at radius 2 is 2.16 bits per heavy atom. The number of anilines is 2. The average molecular weight is 260 g/mol. The summed E-state index contributed by atoms with van der Waals surface area (Å²) in [5, 5.41) is 6.90. The Bertz CT molecular complexity index is 619. The molecule has 1 aromatic heterocycles. The topological polar surface area (TPSA) is 82.2 Å². The third kappa shape index (κ3) is 2.67. The number of carbonyl (C=O) groups excluding carboxylic acids is 1. The van der Waals surface area contributed by atoms with Gasteiger partial charge >= 0.3 is 0 Å². The number of hydrogen-bond acceptors (Lipinski definition) is 4. The zero-order valence-corrected chi connectivity index (χ0v) is 11.1. The van der Waals surface area contributed by atoms with Gasteiger partial charge in [-0.2, -0.15) is 5.10 Å². The van der Waals surface area contributed by atoms with Gasteiger partial charge in [0.25, 0.3) is 5.91 Å². The van der Waals surface area contributed by atoms with Crippen LogP contribution in [0.25, 0.3) is 0 Å². The molecule has 3 N–H and O–H groups in total. The van der Waals surface area contributed by atoms with E-state index in [9.17, 15) is 4.79 Å². The van der Waals surface area contributed by atoms with Gasteiger partial charge in [-0.05, 0) is 31.2 Å². The number of amides is 1. The quantitative estimate of drug-likeness (QED) is 0.821. The summed E-state index contributed by atoms with van der Waals surface area (Å²) in [5.74, 6) is 0.299. The fraction of sp³-hybridized carbons (Fsp3) is 0.231. The number of nitrogens with zero attached hydrogens (tertiary/aromatic N) is 2. The Labute approximate surface area is 111 Å². The highest BCUT2D eigenvalue weighted by Gasteiger charge is 2.14. The predicted molar refractivity (Wildman–Crippen MR) is 73.3 cm³/mol. The van der Waals surface area contributed by atoms with Gasteiger partial charge in [0, 0.05) is 12.7 Å². The van der Waals surface area contributed by atoms with Crippen molar-refractivity contribution in [2.75, 3.05) is 18.2 Å². The first-order valence-electron chi connectivity index (χ1n) is 5.76. The minimum atomic E-state index is -0.257. The van der Waals surface area contributed by atoms with E-state index >= 15 is 0 Å². The van der Waals surface area contributed by atoms with Gasteiger partial charge in [0.1, 0.15) is 11.4 Å². The van der Waals surface area contributed by atoms with Crippen molar-refractivity contribution in [1.82, 2.24) is 9.78 Å². The van der Waals surface area contributed by atoms with Crippen LogP contribution in [-0.2, 0) is 7.05 Å². The van der Waals surface area contributed by atoms with E-state index in [0.717, 1.165) is 5.69 Å². The molecule has 0 unspecified atom stereocenters. The Kier molecular flexibility index (Phi) is 3.41. The lowest BCUT2D eigenvalue weighted by Gasteiger charge is -2.10. The normalized spacial score (nSPS) is 10.3. The van der Waals surface area contributed by atoms with Gasteiger partial charge < -0.3 is 15.8 Å². The number of aryl methyl sites for hydroxylation is 2. The van der Waals surface area contributed by atoms with E-state index in [1.807, 2.05) is 6.92 Å². The molecule has 0 saturated carbocycles. The maximum Gasteiger partial charge on any atom is 0.274 e. The molecule has 0 spiro atoms. The number of nitrogens with two attached hydrogens (primary N) is 1. The van der Waals surface area contributed by atoms with Crippen LogP contribution < -0.4 is 15.8 Å². The molecule has 0 radical (unpaired) electrons. The maximum absolute atomic E-state index is 12.2. The number of nitrogens with one attached hydrogen (secondary N) is 1. The van der Waals surface area contributed by atoms with E-state index in [1.54, 1.807) is 31.3 Å². The molecule has 6 nitrogen and oxygen atoms in total. The monoisotopic (exact) mass is 260 g/mol. The number of hydrogen-bond donors (Lipinski definition) is 2. The zero-order chi connectivity index (χ0) is 14.0. The lowest BCUT2D eigenvalue weighted by molar-refractivity contribution is 0.101. The molecule has 0 saturated heterocycles. The highest BCUT2D eigenvalue weighted by Crippen LogP contribution is 2.26. The molecule has 6 heteroatoms. The largest absolute Gasteiger partial charge is 0.495 e. The van der Waals surface area contributed by atoms with Crippen molar-refractivity contribution in [2.45, 2.75) is 6.92 Å². The third-order valence-corrected chi connectivity index (χ3v) is 2.71. The fourth-order valence-corrected chi connectivity index (χ4v) is 1.83. The van der Waals surface area contributed by atoms with Crippen molar-refractivity contribution in [3.8, 4) is 5.75 Å². The summed E-state index contributed by atoms with van der Waals surface area (Å²) in [4.78, 5) is 12.2. The van der Waals surface area contributed by atoms with E-state index in [2.05, 4.69) is 10.4 Å². The van der Waals surface area contributed by atoms with E-state index < -0.39 is 0 Å². The summed E-state index contributed by atoms with van der Waals surface area (Å²) in [6.07, 6.45) is 0. The van der Waals surface area contributed by atoms with E-state index in [-0.39, 0.29) is 5.91 Å². The van der Waals surface area contributed by atoms with Crippen molar-refractivity contribution >= 4 is 17.3 Å². The second-order valence-electron chi connectivity index (χ2n) is 4.21. The Morgan fingerprint density at radius 3 is 2.74 bits per heavy atom. The van der Waals surface area contributed by atoms with Gasteiger partial charge in [-0.1, -0.05) is 0 Å². The number of nitrogen functional groups attached to an aromatic ring is 1. The first-order valence-corrected chi connectivity index (χ1v) is 5.76. The fourth-order valence-electron chi connectivity index (χ4n) is 1.83. The van der Waals surface area contributed by atoms with Crippen molar-refractivity contribution in [3.05, 3.63) is 35.7 Å². The van der Waals surface area contributed by atoms with Crippen LogP contribution in [0.5, 0.6) is 5.75 Å². The maximum atomic E-state index is 12.2. The van der Waals surface area contributed by atoms with Gasteiger partial charge in [0.15, 0.2) is 0 Å². The van der Waals surface area contributed by atoms with Crippen LogP contribution >= 0.6 is 0 Å². The molecule has 2 aromatic rings. The molecule has 0 fully saturated rings. The molecule has 1 aromatic carbocycles. The number of methoxy groups -OCH3 is 1. The molecule has 2 rings (SSSR count). The molecule has 0 aliphatic carbocycles. The standard InChI is InChI=1S/C13H16N4O2/c1-8-6-11(17(2)16-8)13(18)15-10-7-9(14)4-5-12(10)19-3/h4-7H,14H2,1-3H3,(H,15,18). The van der Waals surface area contributed by atoms with Gasteiger partial charge in [0.05, 0.1) is 18.5 Å². The smallest absolute Gasteiger partial charge is 0.274 e. The summed E-state index contributed by atoms with van der Waals surface area (Å²) < 4.78 is 6.71. The molecule has 19 heavy (non-hydrogen) atoms. The minimum absolute atomic E-state index is 0.257. The molecule has 0 aliphatic rings. The van der Waals surface area contributed by atoms with Crippen molar-refractivity contribution in [1.29, 1.82) is 0 Å². The second kappa shape index (κ2) is 5.01. The summed E-state index contributed by atoms with van der Waals surface area (Å²) in [6.45, 7) is 1.83. The molecule has 100 valence electrons. The van der Waals surface area contributed by atoms with Crippen LogP contribution in [0.2, 0.25) is 0 Å². The van der Waals surface area contributed by atoms with Crippen LogP contribution in [-0.4, -0.2) is 22.8 Å². The number of aromatic nitrogens is 2. The minimum Gasteiger partial charge on any atom is -0.495 e. The first-order chi connectivity index (χ1) is 9.01. The second-order valence-corrected chi connectivity index (χ2v) is 4.21. The van der Waals surface area contributed by atoms with Crippen LogP contribution in [0.15, 0.2) is 24.3 Å². The number of benzene rings is 1. The van der Waals surface area contributed by atoms with E-state index in [0.29, 0.717) is 22.8 Å². The van der Waals surface area contributed by atoms with Crippen molar-refractivity contribution in [2.24, 2.45) is 7.05 Å². The highest BCUT2D eigenvalue weighted by molar-refractivity contribution is 6.04. The first kappa shape index (κ1) is 12.9. The van der Waals surface area contributed by atoms with Gasteiger partial charge in [-0.3, -0.25) is 9.48 Å². The SMILES string of the molecule is COc1ccc(N)cc1NC(=O)c1cc(C)nn1C. The molecular weight excluding hydrogens is 244 g/mol. The summed E-state index contributed by atoms with van der Waals surface area (Å²) in [7, 11) is 3.26. The average Bonchev–Trinajstić information content (AvgIpc) is 2.69. The lowest BCUT2D eigenvalue weighted by Crippen LogP contribution is -2.16. The number of rotatable bonds is 3. The molecule has 0 aliphatic heterocycles. The molecule has 1 amide bonds. The zero-order valence-electron chi connectivity index (χ0n) is 11.1. The molecule has 1 heterocycles. The van der Waals surface area contributed by atoms with Gasteiger partial charge in [-0.15, -0.1) is 0 Å². The van der Waals surface area contributed by atoms with Crippen LogP contribution in [0.3, 0.4) is 0 Å². The number of carbonyl (C=O) groups is 1.